The lowest BCUT2D eigenvalue weighted by atomic mass is 9.42. The van der Waals surface area contributed by atoms with Crippen LogP contribution in [0.15, 0.2) is 30.3 Å². The second-order valence-electron chi connectivity index (χ2n) is 13.3. The van der Waals surface area contributed by atoms with Gasteiger partial charge >= 0.3 is 0 Å². The summed E-state index contributed by atoms with van der Waals surface area (Å²) in [5.41, 5.74) is 3.55. The smallest absolute Gasteiger partial charge is 0.0271 e. The van der Waals surface area contributed by atoms with Gasteiger partial charge in [0.2, 0.25) is 0 Å². The Morgan fingerprint density at radius 1 is 0.700 bits per heavy atom. The minimum Gasteiger partial charge on any atom is -0.0914 e. The molecule has 0 amide bonds. The summed E-state index contributed by atoms with van der Waals surface area (Å²) in [7, 11) is -0.118. The fourth-order valence-corrected chi connectivity index (χ4v) is 13.9. The number of hydrogen-bond donors (Lipinski definition) is 0. The topological polar surface area (TPSA) is 0 Å². The fraction of sp³-hybridized carbons (Fsp3) is 0.793. The molecule has 30 heavy (non-hydrogen) atoms. The van der Waals surface area contributed by atoms with Crippen LogP contribution in [0.2, 0.25) is 0 Å². The predicted molar refractivity (Wildman–Crippen MR) is 137 cm³/mol. The van der Waals surface area contributed by atoms with E-state index in [1.165, 1.54) is 51.1 Å². The maximum atomic E-state index is 2.59. The summed E-state index contributed by atoms with van der Waals surface area (Å²) in [5, 5.41) is 0.230. The first kappa shape index (κ1) is 24.3. The van der Waals surface area contributed by atoms with Gasteiger partial charge in [-0.1, -0.05) is 120 Å². The molecule has 1 saturated carbocycles. The first-order valence-corrected chi connectivity index (χ1v) is 14.2. The summed E-state index contributed by atoms with van der Waals surface area (Å²) in [6.07, 6.45) is 11.6. The first-order chi connectivity index (χ1) is 13.8. The molecule has 2 aliphatic rings. The van der Waals surface area contributed by atoms with Crippen LogP contribution >= 0.6 is 7.92 Å². The van der Waals surface area contributed by atoms with Crippen molar-refractivity contribution in [3.8, 4) is 0 Å². The van der Waals surface area contributed by atoms with Crippen molar-refractivity contribution < 1.29 is 0 Å². The highest BCUT2D eigenvalue weighted by Crippen LogP contribution is 2.83. The summed E-state index contributed by atoms with van der Waals surface area (Å²) >= 11 is 0. The fourth-order valence-electron chi connectivity index (χ4n) is 8.51. The van der Waals surface area contributed by atoms with Gasteiger partial charge in [0.1, 0.15) is 0 Å². The summed E-state index contributed by atoms with van der Waals surface area (Å²) in [6.45, 7) is 23.2. The third kappa shape index (κ3) is 3.52. The van der Waals surface area contributed by atoms with Gasteiger partial charge in [0.05, 0.1) is 0 Å². The Morgan fingerprint density at radius 2 is 1.23 bits per heavy atom. The van der Waals surface area contributed by atoms with Crippen LogP contribution in [-0.2, 0) is 5.16 Å². The van der Waals surface area contributed by atoms with E-state index in [0.717, 1.165) is 5.66 Å². The lowest BCUT2D eigenvalue weighted by Crippen LogP contribution is -2.66. The molecule has 0 bridgehead atoms. The summed E-state index contributed by atoms with van der Waals surface area (Å²) in [6, 6.07) is 11.9. The number of hydrogen-bond acceptors (Lipinski definition) is 0. The zero-order valence-electron chi connectivity index (χ0n) is 21.6. The van der Waals surface area contributed by atoms with Gasteiger partial charge in [-0.15, -0.1) is 0 Å². The molecule has 0 radical (unpaired) electrons. The molecule has 1 aliphatic heterocycles. The third-order valence-corrected chi connectivity index (χ3v) is 13.2. The Balaban J connectivity index is 2.43. The van der Waals surface area contributed by atoms with Crippen LogP contribution in [0.1, 0.15) is 113 Å². The summed E-state index contributed by atoms with van der Waals surface area (Å²) < 4.78 is 0. The van der Waals surface area contributed by atoms with Crippen molar-refractivity contribution >= 4 is 7.92 Å². The average molecular weight is 429 g/mol. The molecule has 2 atom stereocenters. The molecule has 170 valence electrons. The number of benzene rings is 1. The quantitative estimate of drug-likeness (QED) is 0.411. The Bertz CT molecular complexity index is 677. The molecule has 1 saturated heterocycles. The van der Waals surface area contributed by atoms with Gasteiger partial charge in [-0.05, 0) is 64.7 Å². The van der Waals surface area contributed by atoms with E-state index in [0.29, 0.717) is 0 Å². The zero-order chi connectivity index (χ0) is 22.4. The van der Waals surface area contributed by atoms with E-state index in [4.69, 9.17) is 0 Å². The van der Waals surface area contributed by atoms with Gasteiger partial charge in [-0.25, -0.2) is 0 Å². The maximum Gasteiger partial charge on any atom is 0.0271 e. The molecular weight excluding hydrogens is 379 g/mol. The van der Waals surface area contributed by atoms with E-state index in [1.54, 1.807) is 5.56 Å². The first-order valence-electron chi connectivity index (χ1n) is 12.6. The van der Waals surface area contributed by atoms with Gasteiger partial charge in [0.25, 0.3) is 0 Å². The Morgan fingerprint density at radius 3 is 1.70 bits per heavy atom. The SMILES string of the molecule is CC(C)(C)C1(c2ccccc2)P(C2CCCCC2)CCCC1(C(C)(C)C)C(C)(C)C. The molecule has 3 rings (SSSR count). The molecule has 1 aromatic carbocycles. The van der Waals surface area contributed by atoms with Crippen molar-refractivity contribution in [1.29, 1.82) is 0 Å². The lowest BCUT2D eigenvalue weighted by molar-refractivity contribution is -0.119. The molecule has 1 aliphatic carbocycles. The highest BCUT2D eigenvalue weighted by atomic mass is 31.1. The summed E-state index contributed by atoms with van der Waals surface area (Å²) in [4.78, 5) is 0. The van der Waals surface area contributed by atoms with Gasteiger partial charge in [0.15, 0.2) is 0 Å². The average Bonchev–Trinajstić information content (AvgIpc) is 2.65. The summed E-state index contributed by atoms with van der Waals surface area (Å²) in [5.74, 6) is 0. The van der Waals surface area contributed by atoms with Gasteiger partial charge in [-0.3, -0.25) is 0 Å². The van der Waals surface area contributed by atoms with E-state index in [9.17, 15) is 0 Å². The Labute approximate surface area is 189 Å². The van der Waals surface area contributed by atoms with Crippen LogP contribution in [-0.4, -0.2) is 11.8 Å². The molecular formula is C29H49P. The van der Waals surface area contributed by atoms with Crippen molar-refractivity contribution in [3.05, 3.63) is 35.9 Å². The maximum absolute atomic E-state index is 2.59. The standard InChI is InChI=1S/C29H49P/c1-25(2,3)28(26(4,5)6)21-16-22-30(24-19-14-11-15-20-24)29(28,27(7,8)9)23-17-12-10-13-18-23/h10,12-13,17-18,24H,11,14-16,19-22H2,1-9H3. The van der Waals surface area contributed by atoms with Crippen molar-refractivity contribution in [2.45, 2.75) is 118 Å². The van der Waals surface area contributed by atoms with Gasteiger partial charge in [-0.2, -0.15) is 0 Å². The van der Waals surface area contributed by atoms with E-state index >= 15 is 0 Å². The van der Waals surface area contributed by atoms with Crippen LogP contribution in [0.4, 0.5) is 0 Å². The minimum absolute atomic E-state index is 0.118. The minimum atomic E-state index is -0.118. The Kier molecular flexibility index (Phi) is 6.65. The van der Waals surface area contributed by atoms with E-state index in [-0.39, 0.29) is 34.7 Å². The number of rotatable bonds is 2. The van der Waals surface area contributed by atoms with Crippen molar-refractivity contribution in [2.75, 3.05) is 6.16 Å². The van der Waals surface area contributed by atoms with Crippen LogP contribution in [0.3, 0.4) is 0 Å². The molecule has 0 spiro atoms. The van der Waals surface area contributed by atoms with Crippen LogP contribution in [0, 0.1) is 21.7 Å². The van der Waals surface area contributed by atoms with Crippen molar-refractivity contribution in [1.82, 2.24) is 0 Å². The third-order valence-electron chi connectivity index (χ3n) is 8.85. The molecule has 1 aromatic rings. The molecule has 1 heterocycles. The predicted octanol–water partition coefficient (Wildman–Crippen LogP) is 9.61. The largest absolute Gasteiger partial charge is 0.0914 e. The molecule has 0 N–H and O–H groups in total. The lowest BCUT2D eigenvalue weighted by Gasteiger charge is -2.74. The van der Waals surface area contributed by atoms with Gasteiger partial charge in [0, 0.05) is 5.16 Å². The normalized spacial score (nSPS) is 29.0. The van der Waals surface area contributed by atoms with Crippen molar-refractivity contribution in [2.24, 2.45) is 21.7 Å². The molecule has 1 heteroatoms. The molecule has 0 nitrogen and oxygen atoms in total. The Hall–Kier alpha value is -0.350. The second kappa shape index (κ2) is 8.21. The highest BCUT2D eigenvalue weighted by molar-refractivity contribution is 7.59. The van der Waals surface area contributed by atoms with Crippen LogP contribution in [0.25, 0.3) is 0 Å². The van der Waals surface area contributed by atoms with Crippen LogP contribution < -0.4 is 0 Å². The van der Waals surface area contributed by atoms with E-state index in [2.05, 4.69) is 92.6 Å². The zero-order valence-corrected chi connectivity index (χ0v) is 22.5. The van der Waals surface area contributed by atoms with E-state index in [1.807, 2.05) is 0 Å². The van der Waals surface area contributed by atoms with Crippen molar-refractivity contribution in [3.63, 3.8) is 0 Å². The molecule has 2 fully saturated rings. The monoisotopic (exact) mass is 428 g/mol. The highest BCUT2D eigenvalue weighted by Gasteiger charge is 2.71. The van der Waals surface area contributed by atoms with Crippen LogP contribution in [0.5, 0.6) is 0 Å². The molecule has 2 unspecified atom stereocenters. The molecule has 0 aromatic heterocycles. The van der Waals surface area contributed by atoms with Gasteiger partial charge < -0.3 is 0 Å². The second-order valence-corrected chi connectivity index (χ2v) is 16.1. The van der Waals surface area contributed by atoms with E-state index < -0.39 is 0 Å².